The van der Waals surface area contributed by atoms with Crippen LogP contribution in [-0.4, -0.2) is 17.7 Å². The van der Waals surface area contributed by atoms with Crippen LogP contribution in [0.15, 0.2) is 24.3 Å². The van der Waals surface area contributed by atoms with Gasteiger partial charge in [0.05, 0.1) is 0 Å². The second kappa shape index (κ2) is 14.6. The first-order chi connectivity index (χ1) is 12.2. The molecule has 0 aliphatic rings. The van der Waals surface area contributed by atoms with Crippen molar-refractivity contribution in [2.45, 2.75) is 84.0 Å². The summed E-state index contributed by atoms with van der Waals surface area (Å²) in [6.45, 7) is 2.97. The fraction of sp³-hybridized carbons (Fsp3) is 0.667. The number of phenolic OH excluding ortho intramolecular Hbond substituents is 1. The van der Waals surface area contributed by atoms with E-state index in [1.807, 2.05) is 0 Å². The van der Waals surface area contributed by atoms with E-state index in [4.69, 9.17) is 0 Å². The number of amides is 2. The van der Waals surface area contributed by atoms with Gasteiger partial charge in [-0.2, -0.15) is 0 Å². The second-order valence-electron chi connectivity index (χ2n) is 6.82. The summed E-state index contributed by atoms with van der Waals surface area (Å²) in [6, 6.07) is 6.28. The van der Waals surface area contributed by atoms with Gasteiger partial charge >= 0.3 is 6.03 Å². The van der Waals surface area contributed by atoms with E-state index >= 15 is 0 Å². The molecule has 4 heteroatoms. The van der Waals surface area contributed by atoms with Crippen LogP contribution in [0.1, 0.15) is 84.0 Å². The molecule has 0 fully saturated rings. The molecule has 25 heavy (non-hydrogen) atoms. The highest BCUT2D eigenvalue weighted by Gasteiger charge is 2.00. The number of anilines is 1. The summed E-state index contributed by atoms with van der Waals surface area (Å²) >= 11 is 0. The third-order valence-electron chi connectivity index (χ3n) is 4.44. The molecule has 0 saturated heterocycles. The maximum absolute atomic E-state index is 11.7. The van der Waals surface area contributed by atoms with Crippen LogP contribution >= 0.6 is 0 Å². The number of hydrogen-bond donors (Lipinski definition) is 3. The number of benzene rings is 1. The van der Waals surface area contributed by atoms with Gasteiger partial charge in [-0.3, -0.25) is 0 Å². The molecule has 0 heterocycles. The Bertz CT molecular complexity index is 446. The second-order valence-corrected chi connectivity index (χ2v) is 6.82. The maximum atomic E-state index is 11.7. The minimum absolute atomic E-state index is 0.186. The van der Waals surface area contributed by atoms with E-state index < -0.39 is 0 Å². The van der Waals surface area contributed by atoms with E-state index in [1.165, 1.54) is 70.6 Å². The number of phenols is 1. The van der Waals surface area contributed by atoms with Crippen molar-refractivity contribution >= 4 is 11.7 Å². The van der Waals surface area contributed by atoms with E-state index in [9.17, 15) is 9.90 Å². The maximum Gasteiger partial charge on any atom is 0.319 e. The predicted octanol–water partition coefficient (Wildman–Crippen LogP) is 6.21. The van der Waals surface area contributed by atoms with Crippen LogP contribution in [-0.2, 0) is 0 Å². The number of rotatable bonds is 14. The van der Waals surface area contributed by atoms with Gasteiger partial charge in [-0.05, 0) is 30.7 Å². The van der Waals surface area contributed by atoms with E-state index in [2.05, 4.69) is 17.6 Å². The highest BCUT2D eigenvalue weighted by atomic mass is 16.3. The van der Waals surface area contributed by atoms with Crippen molar-refractivity contribution in [3.8, 4) is 5.75 Å². The molecule has 0 atom stereocenters. The molecular formula is C21H36N2O2. The van der Waals surface area contributed by atoms with Gasteiger partial charge in [-0.1, -0.05) is 77.6 Å². The Morgan fingerprint density at radius 1 is 0.800 bits per heavy atom. The van der Waals surface area contributed by atoms with Crippen LogP contribution < -0.4 is 10.6 Å². The first-order valence-electron chi connectivity index (χ1n) is 10.1. The zero-order chi connectivity index (χ0) is 18.2. The number of urea groups is 1. The van der Waals surface area contributed by atoms with Crippen molar-refractivity contribution in [1.29, 1.82) is 0 Å². The number of aromatic hydroxyl groups is 1. The Balaban J connectivity index is 1.85. The molecule has 1 rings (SSSR count). The van der Waals surface area contributed by atoms with Crippen LogP contribution in [0.2, 0.25) is 0 Å². The average molecular weight is 349 g/mol. The Kier molecular flexibility index (Phi) is 12.5. The monoisotopic (exact) mass is 348 g/mol. The van der Waals surface area contributed by atoms with Crippen molar-refractivity contribution < 1.29 is 9.90 Å². The molecule has 3 N–H and O–H groups in total. The summed E-state index contributed by atoms with van der Waals surface area (Å²) in [4.78, 5) is 11.7. The number of carbonyl (C=O) groups is 1. The molecule has 0 unspecified atom stereocenters. The summed E-state index contributed by atoms with van der Waals surface area (Å²) in [6.07, 6.45) is 15.8. The first kappa shape index (κ1) is 21.3. The molecule has 0 radical (unpaired) electrons. The fourth-order valence-electron chi connectivity index (χ4n) is 2.89. The van der Waals surface area contributed by atoms with Crippen molar-refractivity contribution in [1.82, 2.24) is 5.32 Å². The van der Waals surface area contributed by atoms with Gasteiger partial charge in [0.1, 0.15) is 5.75 Å². The molecule has 0 spiro atoms. The van der Waals surface area contributed by atoms with Crippen molar-refractivity contribution in [2.24, 2.45) is 0 Å². The number of unbranched alkanes of at least 4 members (excludes halogenated alkanes) is 11. The summed E-state index contributed by atoms with van der Waals surface area (Å²) in [5.74, 6) is 0.197. The molecule has 1 aromatic carbocycles. The van der Waals surface area contributed by atoms with E-state index in [-0.39, 0.29) is 11.8 Å². The first-order valence-corrected chi connectivity index (χ1v) is 10.1. The molecule has 0 aromatic heterocycles. The lowest BCUT2D eigenvalue weighted by Crippen LogP contribution is -2.29. The Hall–Kier alpha value is -1.71. The highest BCUT2D eigenvalue weighted by Crippen LogP contribution is 2.13. The van der Waals surface area contributed by atoms with E-state index in [1.54, 1.807) is 24.3 Å². The Labute approximate surface area is 153 Å². The molecule has 4 nitrogen and oxygen atoms in total. The molecule has 0 aliphatic heterocycles. The third-order valence-corrected chi connectivity index (χ3v) is 4.44. The van der Waals surface area contributed by atoms with Gasteiger partial charge in [-0.15, -0.1) is 0 Å². The molecule has 0 bridgehead atoms. The molecule has 142 valence electrons. The van der Waals surface area contributed by atoms with Crippen LogP contribution in [0.4, 0.5) is 10.5 Å². The minimum atomic E-state index is -0.186. The molecule has 0 aliphatic carbocycles. The zero-order valence-electron chi connectivity index (χ0n) is 15.9. The van der Waals surface area contributed by atoms with Gasteiger partial charge < -0.3 is 15.7 Å². The fourth-order valence-corrected chi connectivity index (χ4v) is 2.89. The van der Waals surface area contributed by atoms with Gasteiger partial charge in [0.25, 0.3) is 0 Å². The smallest absolute Gasteiger partial charge is 0.319 e. The summed E-state index contributed by atoms with van der Waals surface area (Å²) in [5, 5.41) is 14.8. The van der Waals surface area contributed by atoms with Crippen LogP contribution in [0.25, 0.3) is 0 Å². The Morgan fingerprint density at radius 3 is 1.80 bits per heavy atom. The van der Waals surface area contributed by atoms with Crippen LogP contribution in [0, 0.1) is 0 Å². The SMILES string of the molecule is CCCCCCCCCCCCCCNC(=O)Nc1ccc(O)cc1. The number of hydrogen-bond acceptors (Lipinski definition) is 2. The van der Waals surface area contributed by atoms with Crippen molar-refractivity contribution in [3.63, 3.8) is 0 Å². The lowest BCUT2D eigenvalue weighted by atomic mass is 10.1. The van der Waals surface area contributed by atoms with Crippen LogP contribution in [0.5, 0.6) is 5.75 Å². The van der Waals surface area contributed by atoms with Gasteiger partial charge in [0, 0.05) is 12.2 Å². The number of nitrogens with one attached hydrogen (secondary N) is 2. The topological polar surface area (TPSA) is 61.4 Å². The van der Waals surface area contributed by atoms with E-state index in [0.717, 1.165) is 6.42 Å². The van der Waals surface area contributed by atoms with E-state index in [0.29, 0.717) is 12.2 Å². The minimum Gasteiger partial charge on any atom is -0.508 e. The van der Waals surface area contributed by atoms with Crippen molar-refractivity contribution in [3.05, 3.63) is 24.3 Å². The largest absolute Gasteiger partial charge is 0.508 e. The Morgan fingerprint density at radius 2 is 1.28 bits per heavy atom. The summed E-state index contributed by atoms with van der Waals surface area (Å²) in [7, 11) is 0. The van der Waals surface area contributed by atoms with Gasteiger partial charge in [0.15, 0.2) is 0 Å². The normalized spacial score (nSPS) is 10.6. The highest BCUT2D eigenvalue weighted by molar-refractivity contribution is 5.89. The lowest BCUT2D eigenvalue weighted by Gasteiger charge is -2.07. The van der Waals surface area contributed by atoms with Gasteiger partial charge in [-0.25, -0.2) is 4.79 Å². The summed E-state index contributed by atoms with van der Waals surface area (Å²) < 4.78 is 0. The standard InChI is InChI=1S/C21H36N2O2/c1-2-3-4-5-6-7-8-9-10-11-12-13-18-22-21(25)23-19-14-16-20(24)17-15-19/h14-17,24H,2-13,18H2,1H3,(H2,22,23,25). The zero-order valence-corrected chi connectivity index (χ0v) is 15.9. The van der Waals surface area contributed by atoms with Gasteiger partial charge in [0.2, 0.25) is 0 Å². The quantitative estimate of drug-likeness (QED) is 0.276. The molecule has 2 amide bonds. The summed E-state index contributed by atoms with van der Waals surface area (Å²) in [5.41, 5.74) is 0.685. The molecule has 0 saturated carbocycles. The van der Waals surface area contributed by atoms with Crippen LogP contribution in [0.3, 0.4) is 0 Å². The van der Waals surface area contributed by atoms with Crippen molar-refractivity contribution in [2.75, 3.05) is 11.9 Å². The number of carbonyl (C=O) groups excluding carboxylic acids is 1. The molecular weight excluding hydrogens is 312 g/mol. The average Bonchev–Trinajstić information content (AvgIpc) is 2.61. The molecule has 1 aromatic rings. The predicted molar refractivity (Wildman–Crippen MR) is 106 cm³/mol. The third kappa shape index (κ3) is 12.3. The lowest BCUT2D eigenvalue weighted by molar-refractivity contribution is 0.252.